The van der Waals surface area contributed by atoms with Gasteiger partial charge in [0.15, 0.2) is 0 Å². The number of hydrogen-bond acceptors (Lipinski definition) is 3. The van der Waals surface area contributed by atoms with Gasteiger partial charge in [-0.3, -0.25) is 4.79 Å². The number of nitrogens with zero attached hydrogens (tertiary/aromatic N) is 1. The molecular formula is C38H41NO2. The van der Waals surface area contributed by atoms with Gasteiger partial charge in [-0.2, -0.15) is 0 Å². The van der Waals surface area contributed by atoms with Crippen molar-refractivity contribution in [3.63, 3.8) is 0 Å². The number of hydrogen-bond donors (Lipinski definition) is 1. The molecule has 3 heteroatoms. The van der Waals surface area contributed by atoms with Crippen molar-refractivity contribution in [1.82, 2.24) is 0 Å². The Balaban J connectivity index is 0.000000165. The topological polar surface area (TPSA) is 49.7 Å². The molecule has 0 amide bonds. The third-order valence-corrected chi connectivity index (χ3v) is 9.11. The summed E-state index contributed by atoms with van der Waals surface area (Å²) in [6.45, 7) is 4.35. The number of rotatable bonds is 4. The molecule has 3 nitrogen and oxygen atoms in total. The van der Waals surface area contributed by atoms with Gasteiger partial charge in [0.25, 0.3) is 0 Å². The van der Waals surface area contributed by atoms with Gasteiger partial charge in [-0.15, -0.1) is 0 Å². The second-order valence-electron chi connectivity index (χ2n) is 11.6. The average molecular weight is 544 g/mol. The summed E-state index contributed by atoms with van der Waals surface area (Å²) in [6, 6.07) is 37.9. The van der Waals surface area contributed by atoms with E-state index in [1.165, 1.54) is 33.4 Å². The van der Waals surface area contributed by atoms with Gasteiger partial charge < -0.3 is 5.21 Å². The zero-order chi connectivity index (χ0) is 28.6. The van der Waals surface area contributed by atoms with Crippen LogP contribution in [0.3, 0.4) is 0 Å². The fourth-order valence-corrected chi connectivity index (χ4v) is 6.85. The van der Waals surface area contributed by atoms with Crippen LogP contribution in [-0.2, 0) is 4.79 Å². The molecule has 41 heavy (non-hydrogen) atoms. The van der Waals surface area contributed by atoms with E-state index in [0.29, 0.717) is 24.0 Å². The van der Waals surface area contributed by atoms with Crippen LogP contribution in [0, 0.1) is 13.8 Å². The SMILES string of the molecule is Cc1ccccc1C1CCC(=NO)C(c2ccccc2)C1.Cc1ccccc1C1CCC(=O)C(c2ccccc2)C1. The highest BCUT2D eigenvalue weighted by Crippen LogP contribution is 2.41. The van der Waals surface area contributed by atoms with E-state index < -0.39 is 0 Å². The predicted molar refractivity (Wildman–Crippen MR) is 168 cm³/mol. The first-order valence-electron chi connectivity index (χ1n) is 15.0. The molecule has 4 aromatic rings. The largest absolute Gasteiger partial charge is 0.411 e. The summed E-state index contributed by atoms with van der Waals surface area (Å²) < 4.78 is 0. The molecule has 0 spiro atoms. The zero-order valence-corrected chi connectivity index (χ0v) is 24.2. The van der Waals surface area contributed by atoms with Crippen LogP contribution in [-0.4, -0.2) is 16.7 Å². The zero-order valence-electron chi connectivity index (χ0n) is 24.2. The lowest BCUT2D eigenvalue weighted by atomic mass is 9.73. The Bertz CT molecular complexity index is 1460. The van der Waals surface area contributed by atoms with Crippen molar-refractivity contribution in [1.29, 1.82) is 0 Å². The molecule has 2 aliphatic carbocycles. The van der Waals surface area contributed by atoms with E-state index in [9.17, 15) is 10.0 Å². The molecular weight excluding hydrogens is 502 g/mol. The van der Waals surface area contributed by atoms with Gasteiger partial charge in [0.1, 0.15) is 5.78 Å². The van der Waals surface area contributed by atoms with Gasteiger partial charge >= 0.3 is 0 Å². The Morgan fingerprint density at radius 3 is 1.54 bits per heavy atom. The van der Waals surface area contributed by atoms with E-state index in [1.54, 1.807) is 0 Å². The standard InChI is InChI=1S/C19H21NO.C19H20O/c1-14-7-5-6-10-17(14)16-11-12-19(20-21)18(13-16)15-8-3-2-4-9-15;1-14-7-5-6-10-17(14)16-11-12-19(20)18(13-16)15-8-3-2-4-9-15/h2-10,16,18,21H,11-13H2,1H3;2-10,16,18H,11-13H2,1H3. The summed E-state index contributed by atoms with van der Waals surface area (Å²) in [5.41, 5.74) is 8.92. The minimum Gasteiger partial charge on any atom is -0.411 e. The van der Waals surface area contributed by atoms with Crippen LogP contribution in [0.5, 0.6) is 0 Å². The second kappa shape index (κ2) is 13.6. The molecule has 4 aromatic carbocycles. The van der Waals surface area contributed by atoms with Gasteiger partial charge in [0.05, 0.1) is 5.71 Å². The van der Waals surface area contributed by atoms with E-state index in [2.05, 4.69) is 104 Å². The Kier molecular flexibility index (Phi) is 9.46. The highest BCUT2D eigenvalue weighted by atomic mass is 16.4. The van der Waals surface area contributed by atoms with Crippen molar-refractivity contribution in [2.75, 3.05) is 0 Å². The third kappa shape index (κ3) is 6.85. The molecule has 0 aliphatic heterocycles. The van der Waals surface area contributed by atoms with Crippen LogP contribution in [0.15, 0.2) is 114 Å². The van der Waals surface area contributed by atoms with Crippen molar-refractivity contribution < 1.29 is 10.0 Å². The molecule has 210 valence electrons. The van der Waals surface area contributed by atoms with Crippen molar-refractivity contribution in [3.8, 4) is 0 Å². The van der Waals surface area contributed by atoms with Crippen LogP contribution in [0.1, 0.15) is 95.6 Å². The smallest absolute Gasteiger partial charge is 0.140 e. The summed E-state index contributed by atoms with van der Waals surface area (Å²) >= 11 is 0. The average Bonchev–Trinajstić information content (AvgIpc) is 3.03. The Morgan fingerprint density at radius 2 is 1.02 bits per heavy atom. The van der Waals surface area contributed by atoms with Crippen LogP contribution in [0.2, 0.25) is 0 Å². The summed E-state index contributed by atoms with van der Waals surface area (Å²) in [6.07, 6.45) is 5.61. The van der Waals surface area contributed by atoms with E-state index >= 15 is 0 Å². The first-order chi connectivity index (χ1) is 20.0. The molecule has 4 atom stereocenters. The van der Waals surface area contributed by atoms with Crippen LogP contribution >= 0.6 is 0 Å². The highest BCUT2D eigenvalue weighted by molar-refractivity contribution is 5.91. The summed E-state index contributed by atoms with van der Waals surface area (Å²) in [4.78, 5) is 12.3. The fourth-order valence-electron chi connectivity index (χ4n) is 6.85. The number of Topliss-reactive ketones (excluding diaryl/α,β-unsaturated/α-hetero) is 1. The molecule has 0 heterocycles. The maximum atomic E-state index is 12.3. The minimum atomic E-state index is 0.0783. The lowest BCUT2D eigenvalue weighted by Crippen LogP contribution is -2.23. The van der Waals surface area contributed by atoms with E-state index in [-0.39, 0.29) is 11.8 Å². The van der Waals surface area contributed by atoms with E-state index in [1.807, 2.05) is 24.3 Å². The number of ketones is 1. The van der Waals surface area contributed by atoms with Gasteiger partial charge in [-0.25, -0.2) is 0 Å². The maximum Gasteiger partial charge on any atom is 0.140 e. The summed E-state index contributed by atoms with van der Waals surface area (Å²) in [5.74, 6) is 1.77. The molecule has 6 rings (SSSR count). The minimum absolute atomic E-state index is 0.0783. The number of carbonyl (C=O) groups excluding carboxylic acids is 1. The molecule has 0 saturated heterocycles. The van der Waals surface area contributed by atoms with E-state index in [0.717, 1.165) is 37.8 Å². The van der Waals surface area contributed by atoms with Gasteiger partial charge in [0, 0.05) is 18.3 Å². The molecule has 1 N–H and O–H groups in total. The first-order valence-corrected chi connectivity index (χ1v) is 15.0. The van der Waals surface area contributed by atoms with Crippen molar-refractivity contribution in [2.24, 2.45) is 5.16 Å². The van der Waals surface area contributed by atoms with Gasteiger partial charge in [-0.1, -0.05) is 114 Å². The molecule has 2 fully saturated rings. The molecule has 2 saturated carbocycles. The third-order valence-electron chi connectivity index (χ3n) is 9.11. The molecule has 2 aliphatic rings. The van der Waals surface area contributed by atoms with Gasteiger partial charge in [0.2, 0.25) is 0 Å². The maximum absolute atomic E-state index is 12.3. The number of benzene rings is 4. The second-order valence-corrected chi connectivity index (χ2v) is 11.6. The normalized spacial score (nSPS) is 23.5. The van der Waals surface area contributed by atoms with E-state index in [4.69, 9.17) is 0 Å². The lowest BCUT2D eigenvalue weighted by molar-refractivity contribution is -0.122. The quantitative estimate of drug-likeness (QED) is 0.206. The van der Waals surface area contributed by atoms with Gasteiger partial charge in [-0.05, 0) is 91.2 Å². The summed E-state index contributed by atoms with van der Waals surface area (Å²) in [5, 5.41) is 12.9. The Morgan fingerprint density at radius 1 is 0.585 bits per heavy atom. The van der Waals surface area contributed by atoms with Crippen molar-refractivity contribution in [3.05, 3.63) is 143 Å². The van der Waals surface area contributed by atoms with Crippen LogP contribution < -0.4 is 0 Å². The van der Waals surface area contributed by atoms with Crippen molar-refractivity contribution >= 4 is 11.5 Å². The highest BCUT2D eigenvalue weighted by Gasteiger charge is 2.31. The van der Waals surface area contributed by atoms with Crippen LogP contribution in [0.25, 0.3) is 0 Å². The summed E-state index contributed by atoms with van der Waals surface area (Å²) in [7, 11) is 0. The molecule has 4 unspecified atom stereocenters. The van der Waals surface area contributed by atoms with Crippen LogP contribution in [0.4, 0.5) is 0 Å². The Hall–Kier alpha value is -3.98. The number of oxime groups is 1. The monoisotopic (exact) mass is 543 g/mol. The fraction of sp³-hybridized carbons (Fsp3) is 0.316. The molecule has 0 radical (unpaired) electrons. The Labute approximate surface area is 245 Å². The van der Waals surface area contributed by atoms with Crippen molar-refractivity contribution in [2.45, 2.75) is 76.0 Å². The lowest BCUT2D eigenvalue weighted by Gasteiger charge is -2.31. The molecule has 0 bridgehead atoms. The molecule has 0 aromatic heterocycles. The first kappa shape index (κ1) is 28.5. The number of aryl methyl sites for hydroxylation is 2. The number of carbonyl (C=O) groups is 1. The predicted octanol–water partition coefficient (Wildman–Crippen LogP) is 9.49.